The van der Waals surface area contributed by atoms with Crippen LogP contribution in [0.1, 0.15) is 63.6 Å². The van der Waals surface area contributed by atoms with Crippen LogP contribution in [0.2, 0.25) is 0 Å². The SMILES string of the molecule is CCCn1c(=O)c2[nH]c(-c3ccc(OCC(=O)NCCNC(=O)CCCCCNC(=O)COc4ccc(/C=C/C5=NC(=Cc6ccc(-c7cccs7)n6B(F)F)C=C5)cc4)cc3)nc2n(CCC)c1=O. The van der Waals surface area contributed by atoms with Gasteiger partial charge < -0.3 is 34.9 Å². The number of hydrogen-bond donors (Lipinski definition) is 4. The molecule has 0 spiro atoms. The van der Waals surface area contributed by atoms with Crippen LogP contribution in [-0.2, 0) is 27.5 Å². The number of carbonyl (C=O) groups is 3. The molecule has 0 unspecified atom stereocenters. The van der Waals surface area contributed by atoms with Crippen molar-refractivity contribution in [3.05, 3.63) is 134 Å². The quantitative estimate of drug-likeness (QED) is 0.0344. The van der Waals surface area contributed by atoms with Crippen molar-refractivity contribution in [3.63, 3.8) is 0 Å². The Morgan fingerprint density at radius 2 is 1.44 bits per heavy atom. The molecule has 1 aliphatic heterocycles. The number of nitrogens with one attached hydrogen (secondary N) is 4. The first-order valence-corrected chi connectivity index (χ1v) is 24.1. The summed E-state index contributed by atoms with van der Waals surface area (Å²) in [5, 5.41) is 10.2. The number of allylic oxidation sites excluding steroid dienone is 3. The molecule has 4 aromatic heterocycles. The Morgan fingerprint density at radius 3 is 2.11 bits per heavy atom. The summed E-state index contributed by atoms with van der Waals surface area (Å²) in [6.07, 6.45) is 12.7. The number of fused-ring (bicyclic) bond motifs is 1. The van der Waals surface area contributed by atoms with Gasteiger partial charge in [-0.05, 0) is 116 Å². The highest BCUT2D eigenvalue weighted by molar-refractivity contribution is 7.13. The number of rotatable bonds is 25. The van der Waals surface area contributed by atoms with E-state index >= 15 is 0 Å². The number of hydrogen-bond acceptors (Lipinski definition) is 10. The summed E-state index contributed by atoms with van der Waals surface area (Å²) in [6.45, 7) is 5.18. The molecule has 0 radical (unpaired) electrons. The predicted octanol–water partition coefficient (Wildman–Crippen LogP) is 7.11. The minimum absolute atomic E-state index is 0.134. The number of ether oxygens (including phenoxy) is 2. The zero-order valence-corrected chi connectivity index (χ0v) is 39.7. The summed E-state index contributed by atoms with van der Waals surface area (Å²) < 4.78 is 43.0. The number of halogens is 2. The minimum atomic E-state index is -2.69. The predicted molar refractivity (Wildman–Crippen MR) is 270 cm³/mol. The van der Waals surface area contributed by atoms with Crippen molar-refractivity contribution >= 4 is 65.5 Å². The molecular weight excluding hydrogens is 919 g/mol. The molecule has 20 heteroatoms. The van der Waals surface area contributed by atoms with E-state index in [-0.39, 0.29) is 55.2 Å². The number of benzene rings is 2. The van der Waals surface area contributed by atoms with Gasteiger partial charge in [-0.3, -0.25) is 36.9 Å². The average molecular weight is 974 g/mol. The van der Waals surface area contributed by atoms with Gasteiger partial charge in [0.1, 0.15) is 22.8 Å². The van der Waals surface area contributed by atoms with E-state index in [1.165, 1.54) is 20.5 Å². The van der Waals surface area contributed by atoms with E-state index in [1.807, 2.05) is 61.7 Å². The van der Waals surface area contributed by atoms with Crippen LogP contribution in [0.3, 0.4) is 0 Å². The molecule has 0 aliphatic carbocycles. The van der Waals surface area contributed by atoms with Crippen molar-refractivity contribution in [2.24, 2.45) is 4.99 Å². The molecule has 2 aromatic carbocycles. The van der Waals surface area contributed by atoms with Crippen LogP contribution in [0.4, 0.5) is 8.63 Å². The number of imidazole rings is 1. The normalized spacial score (nSPS) is 12.7. The van der Waals surface area contributed by atoms with Gasteiger partial charge in [-0.1, -0.05) is 44.5 Å². The Bertz CT molecular complexity index is 3010. The number of carbonyl (C=O) groups excluding carboxylic acids is 3. The van der Waals surface area contributed by atoms with Gasteiger partial charge in [0.2, 0.25) is 5.91 Å². The Kier molecular flexibility index (Phi) is 17.7. The van der Waals surface area contributed by atoms with Gasteiger partial charge >= 0.3 is 13.1 Å². The average Bonchev–Trinajstić information content (AvgIpc) is 4.21. The van der Waals surface area contributed by atoms with Gasteiger partial charge in [0.05, 0.1) is 17.1 Å². The number of thiophene rings is 1. The lowest BCUT2D eigenvalue weighted by Crippen LogP contribution is -2.40. The van der Waals surface area contributed by atoms with Crippen LogP contribution in [-0.4, -0.2) is 87.3 Å². The molecule has 70 heavy (non-hydrogen) atoms. The fraction of sp³-hybridized carbons (Fsp3) is 0.300. The Hall–Kier alpha value is -7.61. The lowest BCUT2D eigenvalue weighted by atomic mass is 10.2. The number of amides is 3. The number of aromatic nitrogens is 5. The van der Waals surface area contributed by atoms with E-state index in [2.05, 4.69) is 30.9 Å². The fourth-order valence-electron chi connectivity index (χ4n) is 7.57. The van der Waals surface area contributed by atoms with Crippen molar-refractivity contribution in [1.82, 2.24) is 39.5 Å². The van der Waals surface area contributed by atoms with Crippen LogP contribution in [0.25, 0.3) is 45.3 Å². The Balaban J connectivity index is 0.721. The highest BCUT2D eigenvalue weighted by atomic mass is 32.1. The van der Waals surface area contributed by atoms with Gasteiger partial charge in [0.25, 0.3) is 17.4 Å². The smallest absolute Gasteiger partial charge is 0.484 e. The second-order valence-electron chi connectivity index (χ2n) is 16.2. The molecule has 364 valence electrons. The molecule has 16 nitrogen and oxygen atoms in total. The Labute approximate surface area is 407 Å². The number of nitrogens with zero attached hydrogens (tertiary/aromatic N) is 5. The third-order valence-corrected chi connectivity index (χ3v) is 11.9. The molecule has 0 bridgehead atoms. The first kappa shape index (κ1) is 50.3. The van der Waals surface area contributed by atoms with Crippen LogP contribution >= 0.6 is 11.3 Å². The minimum Gasteiger partial charge on any atom is -0.484 e. The molecule has 0 saturated carbocycles. The molecule has 3 amide bonds. The largest absolute Gasteiger partial charge is 0.678 e. The van der Waals surface area contributed by atoms with Crippen molar-refractivity contribution in [2.45, 2.75) is 65.5 Å². The second kappa shape index (κ2) is 24.6. The zero-order valence-electron chi connectivity index (χ0n) is 38.9. The van der Waals surface area contributed by atoms with Crippen molar-refractivity contribution in [1.29, 1.82) is 0 Å². The van der Waals surface area contributed by atoms with Gasteiger partial charge in [0, 0.05) is 55.3 Å². The number of unbranched alkanes of at least 4 members (excludes halogenated alkanes) is 2. The lowest BCUT2D eigenvalue weighted by Gasteiger charge is -2.09. The van der Waals surface area contributed by atoms with E-state index < -0.39 is 13.0 Å². The highest BCUT2D eigenvalue weighted by Gasteiger charge is 2.24. The molecule has 4 N–H and O–H groups in total. The van der Waals surface area contributed by atoms with Gasteiger partial charge in [-0.25, -0.2) is 14.8 Å². The first-order chi connectivity index (χ1) is 34.0. The third-order valence-electron chi connectivity index (χ3n) is 11.0. The highest BCUT2D eigenvalue weighted by Crippen LogP contribution is 2.30. The standard InChI is InChI=1S/C50H54BF2N9O7S/c1-3-28-60-48-46(49(66)61(29-4-2)50(60)67)58-47(59-48)35-14-22-40(23-15-35)69-33-45(65)56-27-26-55-43(63)10-6-5-7-25-54-44(64)32-68-39-20-12-34(13-21-39)11-16-36-17-18-37(57-36)31-38-19-24-41(62(38)51(52)53)42-9-8-30-70-42/h8-9,11-24,30-31H,3-7,10,25-29,32-33H2,1-2H3,(H,54,64)(H,55,63)(H,56,65)(H,58,59)/b16-11+,37-31?. The third kappa shape index (κ3) is 13.3. The number of aryl methyl sites for hydroxylation is 1. The maximum absolute atomic E-state index is 14.0. The monoisotopic (exact) mass is 973 g/mol. The maximum atomic E-state index is 14.0. The summed E-state index contributed by atoms with van der Waals surface area (Å²) >= 11 is 1.41. The van der Waals surface area contributed by atoms with E-state index in [0.717, 1.165) is 21.3 Å². The summed E-state index contributed by atoms with van der Waals surface area (Å²) in [6, 6.07) is 21.1. The fourth-order valence-corrected chi connectivity index (χ4v) is 8.31. The van der Waals surface area contributed by atoms with E-state index in [0.29, 0.717) is 103 Å². The van der Waals surface area contributed by atoms with Crippen LogP contribution in [0.5, 0.6) is 11.5 Å². The number of aromatic amines is 1. The van der Waals surface area contributed by atoms with Crippen molar-refractivity contribution in [2.75, 3.05) is 32.8 Å². The van der Waals surface area contributed by atoms with Gasteiger partial charge in [-0.2, -0.15) is 0 Å². The molecule has 6 aromatic rings. The van der Waals surface area contributed by atoms with Gasteiger partial charge in [-0.15, -0.1) is 11.3 Å². The summed E-state index contributed by atoms with van der Waals surface area (Å²) in [5.74, 6) is 0.677. The van der Waals surface area contributed by atoms with Crippen molar-refractivity contribution in [3.8, 4) is 33.5 Å². The summed E-state index contributed by atoms with van der Waals surface area (Å²) in [5.41, 5.74) is 3.45. The second-order valence-corrected chi connectivity index (χ2v) is 17.2. The van der Waals surface area contributed by atoms with Crippen molar-refractivity contribution < 1.29 is 32.5 Å². The maximum Gasteiger partial charge on any atom is 0.678 e. The van der Waals surface area contributed by atoms with E-state index in [1.54, 1.807) is 60.7 Å². The van der Waals surface area contributed by atoms with E-state index in [9.17, 15) is 32.6 Å². The molecule has 1 aliphatic rings. The zero-order chi connectivity index (χ0) is 49.4. The summed E-state index contributed by atoms with van der Waals surface area (Å²) in [7, 11) is -2.69. The Morgan fingerprint density at radius 1 is 0.771 bits per heavy atom. The lowest BCUT2D eigenvalue weighted by molar-refractivity contribution is -0.124. The number of aliphatic imine (C=N–C) groups is 1. The first-order valence-electron chi connectivity index (χ1n) is 23.2. The molecule has 0 atom stereocenters. The van der Waals surface area contributed by atoms with Gasteiger partial charge in [0.15, 0.2) is 18.9 Å². The van der Waals surface area contributed by atoms with Crippen LogP contribution in [0, 0.1) is 0 Å². The van der Waals surface area contributed by atoms with Crippen LogP contribution < -0.4 is 36.7 Å². The molecule has 5 heterocycles. The molecule has 0 fully saturated rings. The number of H-pyrrole nitrogens is 1. The topological polar surface area (TPSA) is 196 Å². The molecule has 7 rings (SSSR count). The molecular formula is C50H54BF2N9O7S. The van der Waals surface area contributed by atoms with Crippen LogP contribution in [0.15, 0.2) is 117 Å². The summed E-state index contributed by atoms with van der Waals surface area (Å²) in [4.78, 5) is 76.1. The van der Waals surface area contributed by atoms with E-state index in [4.69, 9.17) is 9.47 Å². The molecule has 0 saturated heterocycles.